The molecule has 3 fully saturated rings. The molecule has 0 radical (unpaired) electrons. The summed E-state index contributed by atoms with van der Waals surface area (Å²) < 4.78 is 29.1. The summed E-state index contributed by atoms with van der Waals surface area (Å²) in [5.41, 5.74) is 4.13. The number of aromatic nitrogens is 1. The highest BCUT2D eigenvalue weighted by molar-refractivity contribution is 5.85. The van der Waals surface area contributed by atoms with Crippen LogP contribution in [0.3, 0.4) is 0 Å². The molecule has 2 aromatic carbocycles. The first kappa shape index (κ1) is 45.1. The van der Waals surface area contributed by atoms with Crippen LogP contribution in [-0.4, -0.2) is 121 Å². The van der Waals surface area contributed by atoms with Crippen molar-refractivity contribution in [2.45, 2.75) is 116 Å². The molecule has 13 nitrogen and oxygen atoms in total. The minimum Gasteiger partial charge on any atom is -0.497 e. The van der Waals surface area contributed by atoms with Gasteiger partial charge in [0.05, 0.1) is 44.9 Å². The van der Waals surface area contributed by atoms with Crippen molar-refractivity contribution in [3.8, 4) is 11.5 Å². The molecule has 6 rings (SSSR count). The lowest BCUT2D eigenvalue weighted by atomic mass is 9.85. The van der Waals surface area contributed by atoms with Gasteiger partial charge in [0.1, 0.15) is 17.6 Å². The molecule has 0 saturated carbocycles. The lowest BCUT2D eigenvalue weighted by molar-refractivity contribution is -0.144. The Bertz CT molecular complexity index is 1960. The topological polar surface area (TPSA) is 140 Å². The number of ether oxygens (including phenoxy) is 5. The predicted octanol–water partition coefficient (Wildman–Crippen LogP) is 7.91. The van der Waals surface area contributed by atoms with Gasteiger partial charge < -0.3 is 38.6 Å². The van der Waals surface area contributed by atoms with Gasteiger partial charge in [0, 0.05) is 80.0 Å². The number of benzene rings is 2. The summed E-state index contributed by atoms with van der Waals surface area (Å²) >= 11 is 0. The van der Waals surface area contributed by atoms with Crippen molar-refractivity contribution < 1.29 is 43.2 Å². The second kappa shape index (κ2) is 19.9. The Kier molecular flexibility index (Phi) is 15.0. The molecule has 0 bridgehead atoms. The number of carboxylic acids is 1. The first-order valence-electron chi connectivity index (χ1n) is 21.8. The zero-order valence-electron chi connectivity index (χ0n) is 36.8. The van der Waals surface area contributed by atoms with Crippen LogP contribution in [0.5, 0.6) is 11.5 Å². The number of aryl methyl sites for hydroxylation is 1. The quantitative estimate of drug-likeness (QED) is 0.118. The second-order valence-electron chi connectivity index (χ2n) is 17.7. The Morgan fingerprint density at radius 2 is 1.67 bits per heavy atom. The highest BCUT2D eigenvalue weighted by atomic mass is 16.6. The van der Waals surface area contributed by atoms with Crippen LogP contribution in [0.1, 0.15) is 113 Å². The number of carboxylic acid groups (broad SMARTS) is 1. The third kappa shape index (κ3) is 11.1. The molecule has 4 heterocycles. The molecule has 0 spiro atoms. The Hall–Kier alpha value is -4.46. The highest BCUT2D eigenvalue weighted by Gasteiger charge is 2.40. The van der Waals surface area contributed by atoms with E-state index in [0.717, 1.165) is 91.0 Å². The Balaban J connectivity index is 1.05. The van der Waals surface area contributed by atoms with Crippen LogP contribution in [0.15, 0.2) is 42.5 Å². The molecule has 3 aliphatic rings. The normalized spacial score (nSPS) is 19.4. The van der Waals surface area contributed by atoms with Crippen molar-refractivity contribution >= 4 is 28.9 Å². The van der Waals surface area contributed by atoms with E-state index in [1.54, 1.807) is 14.2 Å². The average Bonchev–Trinajstić information content (AvgIpc) is 3.63. The van der Waals surface area contributed by atoms with Crippen molar-refractivity contribution in [2.24, 2.45) is 5.41 Å². The summed E-state index contributed by atoms with van der Waals surface area (Å²) in [4.78, 5) is 49.7. The van der Waals surface area contributed by atoms with Crippen molar-refractivity contribution in [3.05, 3.63) is 64.8 Å². The fourth-order valence-corrected chi connectivity index (χ4v) is 8.85. The van der Waals surface area contributed by atoms with E-state index in [0.29, 0.717) is 45.7 Å². The third-order valence-corrected chi connectivity index (χ3v) is 13.1. The van der Waals surface area contributed by atoms with E-state index in [-0.39, 0.29) is 37.0 Å². The van der Waals surface area contributed by atoms with Crippen LogP contribution >= 0.6 is 0 Å². The van der Waals surface area contributed by atoms with Gasteiger partial charge in [0.25, 0.3) is 0 Å². The van der Waals surface area contributed by atoms with E-state index in [1.807, 2.05) is 54.8 Å². The van der Waals surface area contributed by atoms with Crippen molar-refractivity contribution in [1.82, 2.24) is 19.7 Å². The molecule has 2 amide bonds. The molecular formula is C47H66N4O9. The molecular weight excluding hydrogens is 765 g/mol. The number of cyclic esters (lactones) is 1. The smallest absolute Gasteiger partial charge is 0.410 e. The number of likely N-dealkylation sites (tertiary alicyclic amines) is 2. The van der Waals surface area contributed by atoms with Gasteiger partial charge in [-0.25, -0.2) is 4.79 Å². The molecule has 3 aliphatic heterocycles. The summed E-state index contributed by atoms with van der Waals surface area (Å²) in [5.74, 6) is 1.02. The number of piperidine rings is 2. The summed E-state index contributed by atoms with van der Waals surface area (Å²) in [6, 6.07) is 14.5. The minimum absolute atomic E-state index is 0.0168. The fourth-order valence-electron chi connectivity index (χ4n) is 8.85. The molecule has 3 aromatic rings. The minimum atomic E-state index is -0.874. The van der Waals surface area contributed by atoms with Crippen LogP contribution in [-0.2, 0) is 30.3 Å². The van der Waals surface area contributed by atoms with Crippen molar-refractivity contribution in [3.63, 3.8) is 0 Å². The first-order valence-corrected chi connectivity index (χ1v) is 21.8. The highest BCUT2D eigenvalue weighted by Crippen LogP contribution is 2.39. The van der Waals surface area contributed by atoms with Gasteiger partial charge in [-0.05, 0) is 100 Å². The number of fused-ring (bicyclic) bond motifs is 1. The molecule has 1 unspecified atom stereocenters. The first-order chi connectivity index (χ1) is 28.7. The number of carbonyl (C=O) groups is 3. The largest absolute Gasteiger partial charge is 0.497 e. The van der Waals surface area contributed by atoms with Crippen LogP contribution in [0.4, 0.5) is 4.79 Å². The monoisotopic (exact) mass is 830 g/mol. The molecule has 13 heteroatoms. The molecule has 2 atom stereocenters. The molecule has 60 heavy (non-hydrogen) atoms. The number of methoxy groups -OCH3 is 2. The van der Waals surface area contributed by atoms with Crippen LogP contribution in [0.25, 0.3) is 10.9 Å². The van der Waals surface area contributed by atoms with Gasteiger partial charge in [-0.2, -0.15) is 0 Å². The lowest BCUT2D eigenvalue weighted by Crippen LogP contribution is -2.45. The zero-order valence-corrected chi connectivity index (χ0v) is 36.8. The van der Waals surface area contributed by atoms with Gasteiger partial charge in [-0.15, -0.1) is 0 Å². The Morgan fingerprint density at radius 1 is 0.917 bits per heavy atom. The van der Waals surface area contributed by atoms with E-state index in [4.69, 9.17) is 33.8 Å². The third-order valence-electron chi connectivity index (χ3n) is 13.1. The number of hydrogen-bond acceptors (Lipinski definition) is 10. The molecule has 1 aromatic heterocycles. The van der Waals surface area contributed by atoms with Crippen LogP contribution in [0, 0.1) is 12.3 Å². The van der Waals surface area contributed by atoms with E-state index in [1.165, 1.54) is 5.56 Å². The van der Waals surface area contributed by atoms with Gasteiger partial charge in [-0.1, -0.05) is 32.9 Å². The fraction of sp³-hybridized carbons (Fsp3) is 0.617. The second-order valence-corrected chi connectivity index (χ2v) is 17.7. The number of rotatable bonds is 19. The molecule has 0 aliphatic carbocycles. The Labute approximate surface area is 355 Å². The predicted molar refractivity (Wildman–Crippen MR) is 230 cm³/mol. The number of amides is 2. The standard InChI is InChI=1S/C47H66N4O9/c1-8-47(5,19-25-58-24-17-43(52)53)59-26-18-46(3,4)44(54)50-22-13-34(14-23-50)40-29-38(37-28-36(56-6)10-11-39(37)48-40)42-31-51(45(55)60-42)35-15-20-49(21-16-35)30-33-9-12-41(57-7)32(2)27-33/h9-12,27-29,34-35,42H,8,13-26,30-31H2,1-7H3,(H,52,53)/t42-,47?/m0/s1. The summed E-state index contributed by atoms with van der Waals surface area (Å²) in [6.45, 7) is 15.6. The SMILES string of the molecule is CCC(C)(CCOCCC(=O)O)OCCC(C)(C)C(=O)N1CCC(c2cc([C@@H]3CN(C4CCN(Cc5ccc(OC)c(C)c5)CC4)C(=O)O3)c3cc(OC)ccc3n2)CC1. The molecule has 1 N–H and O–H groups in total. The summed E-state index contributed by atoms with van der Waals surface area (Å²) in [7, 11) is 3.35. The average molecular weight is 831 g/mol. The van der Waals surface area contributed by atoms with E-state index in [9.17, 15) is 14.4 Å². The number of carbonyl (C=O) groups excluding carboxylic acids is 2. The number of pyridine rings is 1. The number of nitrogens with zero attached hydrogens (tertiary/aromatic N) is 4. The molecule has 3 saturated heterocycles. The van der Waals surface area contributed by atoms with E-state index >= 15 is 0 Å². The maximum atomic E-state index is 13.9. The summed E-state index contributed by atoms with van der Waals surface area (Å²) in [6.07, 6.45) is 4.65. The molecule has 328 valence electrons. The maximum Gasteiger partial charge on any atom is 0.410 e. The Morgan fingerprint density at radius 3 is 2.33 bits per heavy atom. The maximum absolute atomic E-state index is 13.9. The van der Waals surface area contributed by atoms with Crippen molar-refractivity contribution in [1.29, 1.82) is 0 Å². The van der Waals surface area contributed by atoms with Crippen molar-refractivity contribution in [2.75, 3.05) is 66.8 Å². The lowest BCUT2D eigenvalue weighted by Gasteiger charge is -2.37. The number of aliphatic carboxylic acids is 1. The van der Waals surface area contributed by atoms with Gasteiger partial charge >= 0.3 is 12.1 Å². The van der Waals surface area contributed by atoms with Gasteiger partial charge in [0.15, 0.2) is 0 Å². The zero-order chi connectivity index (χ0) is 43.0. The van der Waals surface area contributed by atoms with Gasteiger partial charge in [-0.3, -0.25) is 19.5 Å². The number of hydrogen-bond donors (Lipinski definition) is 1. The van der Waals surface area contributed by atoms with E-state index in [2.05, 4.69) is 36.9 Å². The van der Waals surface area contributed by atoms with E-state index < -0.39 is 23.1 Å². The van der Waals surface area contributed by atoms with Gasteiger partial charge in [0.2, 0.25) is 5.91 Å². The van der Waals surface area contributed by atoms with Crippen LogP contribution in [0.2, 0.25) is 0 Å². The summed E-state index contributed by atoms with van der Waals surface area (Å²) in [5, 5.41) is 9.77. The van der Waals surface area contributed by atoms with Crippen LogP contribution < -0.4 is 9.47 Å².